The summed E-state index contributed by atoms with van der Waals surface area (Å²) in [6.07, 6.45) is 6.96. The number of amides is 1. The molecule has 1 amide bonds. The van der Waals surface area contributed by atoms with Gasteiger partial charge in [-0.2, -0.15) is 0 Å². The van der Waals surface area contributed by atoms with Crippen LogP contribution in [-0.4, -0.2) is 19.1 Å². The normalized spacial score (nSPS) is 16.0. The number of hydrogen-bond acceptors (Lipinski definition) is 3. The van der Waals surface area contributed by atoms with Gasteiger partial charge in [-0.05, 0) is 43.0 Å². The van der Waals surface area contributed by atoms with E-state index in [1.54, 1.807) is 24.3 Å². The van der Waals surface area contributed by atoms with E-state index in [4.69, 9.17) is 10.5 Å². The first-order valence-corrected chi connectivity index (χ1v) is 7.47. The van der Waals surface area contributed by atoms with Gasteiger partial charge >= 0.3 is 0 Å². The zero-order valence-corrected chi connectivity index (χ0v) is 11.9. The summed E-state index contributed by atoms with van der Waals surface area (Å²) < 4.78 is 5.62. The average molecular weight is 276 g/mol. The van der Waals surface area contributed by atoms with Crippen LogP contribution in [0.2, 0.25) is 0 Å². The summed E-state index contributed by atoms with van der Waals surface area (Å²) in [5.74, 6) is 0.683. The van der Waals surface area contributed by atoms with Gasteiger partial charge in [0.05, 0.1) is 13.0 Å². The first kappa shape index (κ1) is 14.9. The van der Waals surface area contributed by atoms with Crippen molar-refractivity contribution >= 4 is 17.3 Å². The van der Waals surface area contributed by atoms with Gasteiger partial charge in [0, 0.05) is 18.0 Å². The van der Waals surface area contributed by atoms with Gasteiger partial charge in [-0.15, -0.1) is 0 Å². The van der Waals surface area contributed by atoms with Crippen molar-refractivity contribution in [1.29, 1.82) is 0 Å². The Kier molecular flexibility index (Phi) is 5.87. The van der Waals surface area contributed by atoms with Gasteiger partial charge in [0.15, 0.2) is 0 Å². The Morgan fingerprint density at radius 1 is 1.20 bits per heavy atom. The number of rotatable bonds is 6. The lowest BCUT2D eigenvalue weighted by Crippen LogP contribution is -2.17. The van der Waals surface area contributed by atoms with E-state index in [0.717, 1.165) is 12.3 Å². The van der Waals surface area contributed by atoms with Crippen molar-refractivity contribution in [3.63, 3.8) is 0 Å². The molecule has 1 fully saturated rings. The van der Waals surface area contributed by atoms with Crippen LogP contribution < -0.4 is 11.1 Å². The van der Waals surface area contributed by atoms with Gasteiger partial charge in [0.2, 0.25) is 5.91 Å². The number of benzene rings is 1. The number of hydrogen-bond donors (Lipinski definition) is 2. The van der Waals surface area contributed by atoms with Crippen LogP contribution in [0.25, 0.3) is 0 Å². The molecule has 4 heteroatoms. The maximum Gasteiger partial charge on any atom is 0.226 e. The van der Waals surface area contributed by atoms with Crippen molar-refractivity contribution in [2.45, 2.75) is 38.5 Å². The minimum atomic E-state index is -0.0154. The number of carbonyl (C=O) groups excluding carboxylic acids is 1. The minimum absolute atomic E-state index is 0.0154. The Hall–Kier alpha value is -1.55. The molecule has 4 nitrogen and oxygen atoms in total. The number of ether oxygens (including phenoxy) is 1. The lowest BCUT2D eigenvalue weighted by Gasteiger charge is -2.21. The largest absolute Gasteiger partial charge is 0.399 e. The average Bonchev–Trinajstić information content (AvgIpc) is 2.47. The molecule has 1 aliphatic carbocycles. The molecule has 0 radical (unpaired) electrons. The van der Waals surface area contributed by atoms with Crippen molar-refractivity contribution in [2.75, 3.05) is 24.3 Å². The molecule has 0 aromatic heterocycles. The molecular weight excluding hydrogens is 252 g/mol. The van der Waals surface area contributed by atoms with Crippen LogP contribution >= 0.6 is 0 Å². The predicted molar refractivity (Wildman–Crippen MR) is 81.5 cm³/mol. The number of anilines is 2. The number of carbonyl (C=O) groups is 1. The van der Waals surface area contributed by atoms with Gasteiger partial charge in [-0.3, -0.25) is 4.79 Å². The van der Waals surface area contributed by atoms with Crippen LogP contribution in [0.15, 0.2) is 24.3 Å². The fraction of sp³-hybridized carbons (Fsp3) is 0.562. The quantitative estimate of drug-likeness (QED) is 0.619. The molecule has 1 saturated carbocycles. The molecule has 2 rings (SSSR count). The van der Waals surface area contributed by atoms with Crippen molar-refractivity contribution in [3.05, 3.63) is 24.3 Å². The smallest absolute Gasteiger partial charge is 0.226 e. The van der Waals surface area contributed by atoms with Crippen LogP contribution in [0.1, 0.15) is 38.5 Å². The molecule has 1 aliphatic rings. The minimum Gasteiger partial charge on any atom is -0.399 e. The van der Waals surface area contributed by atoms with E-state index in [0.29, 0.717) is 24.6 Å². The first-order valence-electron chi connectivity index (χ1n) is 7.47. The second-order valence-corrected chi connectivity index (χ2v) is 5.50. The summed E-state index contributed by atoms with van der Waals surface area (Å²) in [6.45, 7) is 1.30. The highest BCUT2D eigenvalue weighted by Crippen LogP contribution is 2.23. The maximum atomic E-state index is 11.7. The van der Waals surface area contributed by atoms with Crippen LogP contribution in [0.5, 0.6) is 0 Å². The van der Waals surface area contributed by atoms with Crippen molar-refractivity contribution in [1.82, 2.24) is 0 Å². The molecule has 110 valence electrons. The van der Waals surface area contributed by atoms with Crippen LogP contribution in [0.3, 0.4) is 0 Å². The third-order valence-corrected chi connectivity index (χ3v) is 3.75. The van der Waals surface area contributed by atoms with E-state index in [2.05, 4.69) is 5.32 Å². The molecule has 1 aromatic rings. The number of nitrogens with one attached hydrogen (secondary N) is 1. The van der Waals surface area contributed by atoms with E-state index < -0.39 is 0 Å². The van der Waals surface area contributed by atoms with E-state index in [1.165, 1.54) is 32.1 Å². The molecule has 1 aromatic carbocycles. The monoisotopic (exact) mass is 276 g/mol. The van der Waals surface area contributed by atoms with E-state index in [-0.39, 0.29) is 5.91 Å². The lowest BCUT2D eigenvalue weighted by molar-refractivity contribution is -0.117. The standard InChI is InChI=1S/C16H24N2O2/c17-14-6-8-15(9-7-14)18-16(19)10-11-20-12-13-4-2-1-3-5-13/h6-9,13H,1-5,10-12,17H2,(H,18,19). The van der Waals surface area contributed by atoms with Crippen molar-refractivity contribution in [2.24, 2.45) is 5.92 Å². The van der Waals surface area contributed by atoms with Crippen molar-refractivity contribution in [3.8, 4) is 0 Å². The van der Waals surface area contributed by atoms with Gasteiger partial charge in [-0.25, -0.2) is 0 Å². The number of nitrogens with two attached hydrogens (primary N) is 1. The zero-order chi connectivity index (χ0) is 14.2. The second kappa shape index (κ2) is 7.90. The molecular formula is C16H24N2O2. The maximum absolute atomic E-state index is 11.7. The summed E-state index contributed by atoms with van der Waals surface area (Å²) in [7, 11) is 0. The molecule has 0 heterocycles. The Labute approximate surface area is 120 Å². The highest BCUT2D eigenvalue weighted by atomic mass is 16.5. The van der Waals surface area contributed by atoms with E-state index >= 15 is 0 Å². The van der Waals surface area contributed by atoms with Gasteiger partial charge in [0.25, 0.3) is 0 Å². The summed E-state index contributed by atoms with van der Waals surface area (Å²) in [6, 6.07) is 7.15. The number of nitrogen functional groups attached to an aromatic ring is 1. The fourth-order valence-electron chi connectivity index (χ4n) is 2.56. The topological polar surface area (TPSA) is 64.3 Å². The molecule has 0 unspecified atom stereocenters. The van der Waals surface area contributed by atoms with Crippen LogP contribution in [-0.2, 0) is 9.53 Å². The third-order valence-electron chi connectivity index (χ3n) is 3.75. The van der Waals surface area contributed by atoms with Gasteiger partial charge < -0.3 is 15.8 Å². The summed E-state index contributed by atoms with van der Waals surface area (Å²) in [5.41, 5.74) is 7.06. The fourth-order valence-corrected chi connectivity index (χ4v) is 2.56. The molecule has 0 aliphatic heterocycles. The van der Waals surface area contributed by atoms with E-state index in [1.807, 2.05) is 0 Å². The third kappa shape index (κ3) is 5.21. The summed E-state index contributed by atoms with van der Waals surface area (Å²) >= 11 is 0. The van der Waals surface area contributed by atoms with E-state index in [9.17, 15) is 4.79 Å². The highest BCUT2D eigenvalue weighted by molar-refractivity contribution is 5.90. The SMILES string of the molecule is Nc1ccc(NC(=O)CCOCC2CCCCC2)cc1. The molecule has 3 N–H and O–H groups in total. The zero-order valence-electron chi connectivity index (χ0n) is 11.9. The molecule has 20 heavy (non-hydrogen) atoms. The van der Waals surface area contributed by atoms with Gasteiger partial charge in [0.1, 0.15) is 0 Å². The Balaban J connectivity index is 1.59. The molecule has 0 atom stereocenters. The molecule has 0 spiro atoms. The first-order chi connectivity index (χ1) is 9.74. The Morgan fingerprint density at radius 3 is 2.60 bits per heavy atom. The molecule has 0 saturated heterocycles. The summed E-state index contributed by atoms with van der Waals surface area (Å²) in [5, 5.41) is 2.83. The Bertz CT molecular complexity index is 411. The van der Waals surface area contributed by atoms with Gasteiger partial charge in [-0.1, -0.05) is 19.3 Å². The predicted octanol–water partition coefficient (Wildman–Crippen LogP) is 3.19. The summed E-state index contributed by atoms with van der Waals surface area (Å²) in [4.78, 5) is 11.7. The second-order valence-electron chi connectivity index (χ2n) is 5.50. The Morgan fingerprint density at radius 2 is 1.90 bits per heavy atom. The van der Waals surface area contributed by atoms with Crippen molar-refractivity contribution < 1.29 is 9.53 Å². The van der Waals surface area contributed by atoms with Crippen LogP contribution in [0.4, 0.5) is 11.4 Å². The molecule has 0 bridgehead atoms. The van der Waals surface area contributed by atoms with Crippen LogP contribution in [0, 0.1) is 5.92 Å². The lowest BCUT2D eigenvalue weighted by atomic mass is 9.90. The highest BCUT2D eigenvalue weighted by Gasteiger charge is 2.13.